The Morgan fingerprint density at radius 1 is 1.17 bits per heavy atom. The van der Waals surface area contributed by atoms with Gasteiger partial charge in [-0.1, -0.05) is 18.2 Å². The first-order valence-electron chi connectivity index (χ1n) is 2.84. The summed E-state index contributed by atoms with van der Waals surface area (Å²) in [6.45, 7) is 0. The summed E-state index contributed by atoms with van der Waals surface area (Å²) in [5.74, 6) is 0. The summed E-state index contributed by atoms with van der Waals surface area (Å²) in [4.78, 5) is -0.185. The van der Waals surface area contributed by atoms with Crippen LogP contribution in [0.25, 0.3) is 0 Å². The van der Waals surface area contributed by atoms with E-state index in [0.29, 0.717) is 0 Å². The molecular formula is C6H6N2O3S. The summed E-state index contributed by atoms with van der Waals surface area (Å²) in [6.07, 6.45) is 0. The zero-order chi connectivity index (χ0) is 9.61. The van der Waals surface area contributed by atoms with E-state index in [2.05, 4.69) is 0 Å². The molecule has 0 unspecified atom stereocenters. The van der Waals surface area contributed by atoms with Crippen molar-refractivity contribution >= 4 is 10.1 Å². The minimum absolute atomic E-state index is 0.185. The van der Waals surface area contributed by atoms with Crippen LogP contribution < -0.4 is 5.39 Å². The first-order chi connectivity index (χ1) is 5.61. The third-order valence-electron chi connectivity index (χ3n) is 1.03. The molecule has 0 radical (unpaired) electrons. The molecule has 0 aliphatic rings. The SMILES string of the molecule is N#[NH+].O=S(=O)([O-])c1ccccc1. The molecule has 1 rings (SSSR count). The highest BCUT2D eigenvalue weighted by Crippen LogP contribution is 2.04. The molecule has 6 heteroatoms. The topological polar surface area (TPSA) is 105 Å². The van der Waals surface area contributed by atoms with Crippen molar-refractivity contribution in [3.8, 4) is 0 Å². The fourth-order valence-electron chi connectivity index (χ4n) is 0.587. The Morgan fingerprint density at radius 2 is 1.58 bits per heavy atom. The normalized spacial score (nSPS) is 9.58. The van der Waals surface area contributed by atoms with Gasteiger partial charge in [-0.2, -0.15) is 0 Å². The molecule has 0 bridgehead atoms. The van der Waals surface area contributed by atoms with Gasteiger partial charge in [0.25, 0.3) is 0 Å². The van der Waals surface area contributed by atoms with Gasteiger partial charge in [0, 0.05) is 0 Å². The molecule has 0 spiro atoms. The molecule has 12 heavy (non-hydrogen) atoms. The van der Waals surface area contributed by atoms with Crippen molar-refractivity contribution in [1.29, 1.82) is 5.39 Å². The number of rotatable bonds is 1. The average Bonchev–Trinajstić information content (AvgIpc) is 2.08. The molecule has 0 amide bonds. The lowest BCUT2D eigenvalue weighted by Gasteiger charge is -2.04. The van der Waals surface area contributed by atoms with Crippen LogP contribution >= 0.6 is 0 Å². The summed E-state index contributed by atoms with van der Waals surface area (Å²) >= 11 is 0. The Morgan fingerprint density at radius 3 is 1.83 bits per heavy atom. The van der Waals surface area contributed by atoms with Crippen molar-refractivity contribution in [2.45, 2.75) is 4.90 Å². The Bertz CT molecular complexity index is 344. The van der Waals surface area contributed by atoms with Gasteiger partial charge in [-0.25, -0.2) is 8.42 Å². The molecule has 0 aromatic heterocycles. The Hall–Kier alpha value is -1.45. The van der Waals surface area contributed by atoms with E-state index in [0.717, 1.165) is 0 Å². The predicted octanol–water partition coefficient (Wildman–Crippen LogP) is -1.13. The molecule has 1 aromatic carbocycles. The van der Waals surface area contributed by atoms with Crippen LogP contribution in [0.3, 0.4) is 0 Å². The Balaban J connectivity index is 0.000000561. The lowest BCUT2D eigenvalue weighted by Crippen LogP contribution is -2.11. The lowest BCUT2D eigenvalue weighted by molar-refractivity contribution is -0.175. The first kappa shape index (κ1) is 10.6. The molecule has 1 aromatic rings. The number of nitrogens with zero attached hydrogens (tertiary/aromatic N) is 1. The molecule has 5 nitrogen and oxygen atoms in total. The van der Waals surface area contributed by atoms with E-state index < -0.39 is 10.1 Å². The number of nitrogens with one attached hydrogen (secondary N) is 1. The van der Waals surface area contributed by atoms with E-state index in [9.17, 15) is 13.0 Å². The van der Waals surface area contributed by atoms with E-state index >= 15 is 0 Å². The highest BCUT2D eigenvalue weighted by atomic mass is 32.2. The van der Waals surface area contributed by atoms with Gasteiger partial charge in [0.05, 0.1) is 10.3 Å². The molecule has 0 heterocycles. The summed E-state index contributed by atoms with van der Waals surface area (Å²) in [5.41, 5.74) is 0. The van der Waals surface area contributed by atoms with Gasteiger partial charge in [-0.3, -0.25) is 0 Å². The fourth-order valence-corrected chi connectivity index (χ4v) is 1.08. The summed E-state index contributed by atoms with van der Waals surface area (Å²) in [6, 6.07) is 7.19. The zero-order valence-corrected chi connectivity index (χ0v) is 6.78. The second-order valence-electron chi connectivity index (χ2n) is 1.77. The molecule has 0 aliphatic carbocycles. The van der Waals surface area contributed by atoms with Gasteiger partial charge in [0.1, 0.15) is 10.1 Å². The van der Waals surface area contributed by atoms with Gasteiger partial charge in [0.15, 0.2) is 0 Å². The van der Waals surface area contributed by atoms with E-state index in [1.165, 1.54) is 24.3 Å². The second kappa shape index (κ2) is 4.43. The fraction of sp³-hybridized carbons (Fsp3) is 0. The average molecular weight is 186 g/mol. The van der Waals surface area contributed by atoms with Crippen LogP contribution in [0, 0.1) is 5.39 Å². The molecule has 0 fully saturated rings. The highest BCUT2D eigenvalue weighted by molar-refractivity contribution is 7.85. The summed E-state index contributed by atoms with van der Waals surface area (Å²) in [5, 5.41) is 11.0. The van der Waals surface area contributed by atoms with Gasteiger partial charge >= 0.3 is 0 Å². The lowest BCUT2D eigenvalue weighted by atomic mass is 10.4. The third kappa shape index (κ3) is 3.09. The molecular weight excluding hydrogens is 180 g/mol. The molecule has 0 saturated carbocycles. The standard InChI is InChI=1S/C6H6O3S.N2/c7-10(8,9)6-4-2-1-3-5-6;1-2/h1-5H,(H,7,8,9);. The quantitative estimate of drug-likeness (QED) is 0.442. The van der Waals surface area contributed by atoms with Gasteiger partial charge in [-0.05, 0) is 12.1 Å². The Labute approximate surface area is 69.8 Å². The third-order valence-corrected chi connectivity index (χ3v) is 1.88. The van der Waals surface area contributed by atoms with Crippen LogP contribution in [-0.2, 0) is 10.1 Å². The van der Waals surface area contributed by atoms with E-state index in [4.69, 9.17) is 10.8 Å². The monoisotopic (exact) mass is 186 g/mol. The van der Waals surface area contributed by atoms with E-state index in [-0.39, 0.29) is 4.90 Å². The van der Waals surface area contributed by atoms with Crippen LogP contribution in [0.15, 0.2) is 35.2 Å². The smallest absolute Gasteiger partial charge is 0.212 e. The number of benzene rings is 1. The van der Waals surface area contributed by atoms with Crippen molar-refractivity contribution in [3.05, 3.63) is 30.3 Å². The van der Waals surface area contributed by atoms with Crippen LogP contribution in [-0.4, -0.2) is 13.0 Å². The van der Waals surface area contributed by atoms with Gasteiger partial charge in [0.2, 0.25) is 5.39 Å². The van der Waals surface area contributed by atoms with Crippen molar-refractivity contribution in [3.63, 3.8) is 0 Å². The minimum Gasteiger partial charge on any atom is -0.744 e. The first-order valence-corrected chi connectivity index (χ1v) is 4.25. The van der Waals surface area contributed by atoms with Crippen molar-refractivity contribution < 1.29 is 18.4 Å². The molecule has 64 valence electrons. The second-order valence-corrected chi connectivity index (χ2v) is 3.15. The predicted molar refractivity (Wildman–Crippen MR) is 37.1 cm³/mol. The minimum atomic E-state index is -4.25. The number of diazo groups is 1. The molecule has 0 saturated heterocycles. The van der Waals surface area contributed by atoms with Crippen LogP contribution in [0.2, 0.25) is 0 Å². The summed E-state index contributed by atoms with van der Waals surface area (Å²) in [7, 11) is -4.25. The van der Waals surface area contributed by atoms with Crippen molar-refractivity contribution in [2.75, 3.05) is 0 Å². The van der Waals surface area contributed by atoms with Crippen LogP contribution in [0.4, 0.5) is 0 Å². The maximum Gasteiger partial charge on any atom is 0.212 e. The maximum absolute atomic E-state index is 10.3. The van der Waals surface area contributed by atoms with E-state index in [1.807, 2.05) is 0 Å². The molecule has 1 N–H and O–H groups in total. The molecule has 0 aliphatic heterocycles. The maximum atomic E-state index is 10.3. The largest absolute Gasteiger partial charge is 0.744 e. The molecule has 0 atom stereocenters. The van der Waals surface area contributed by atoms with Gasteiger partial charge in [-0.15, -0.1) is 0 Å². The highest BCUT2D eigenvalue weighted by Gasteiger charge is 1.95. The summed E-state index contributed by atoms with van der Waals surface area (Å²) < 4.78 is 30.8. The van der Waals surface area contributed by atoms with Crippen molar-refractivity contribution in [1.82, 2.24) is 0 Å². The zero-order valence-electron chi connectivity index (χ0n) is 5.97. The van der Waals surface area contributed by atoms with Gasteiger partial charge < -0.3 is 4.55 Å². The van der Waals surface area contributed by atoms with Crippen molar-refractivity contribution in [2.24, 2.45) is 0 Å². The number of hydrogen-bond donors (Lipinski definition) is 1. The number of hydrogen-bond acceptors (Lipinski definition) is 4. The van der Waals surface area contributed by atoms with E-state index in [1.54, 1.807) is 6.07 Å². The van der Waals surface area contributed by atoms with Crippen LogP contribution in [0.1, 0.15) is 0 Å². The van der Waals surface area contributed by atoms with Crippen LogP contribution in [0.5, 0.6) is 0 Å². The Kier molecular flexibility index (Phi) is 3.90.